The third-order valence-electron chi connectivity index (χ3n) is 5.68. The molecule has 1 aliphatic heterocycles. The summed E-state index contributed by atoms with van der Waals surface area (Å²) in [6.45, 7) is 0.186. The van der Waals surface area contributed by atoms with Crippen LogP contribution in [0.15, 0.2) is 36.7 Å². The van der Waals surface area contributed by atoms with Crippen LogP contribution < -0.4 is 11.1 Å². The van der Waals surface area contributed by atoms with E-state index in [1.807, 2.05) is 0 Å². The van der Waals surface area contributed by atoms with Crippen molar-refractivity contribution in [1.82, 2.24) is 25.0 Å². The number of rotatable bonds is 6. The summed E-state index contributed by atoms with van der Waals surface area (Å²) in [6.07, 6.45) is 5.04. The lowest BCUT2D eigenvalue weighted by atomic mass is 10.0. The minimum absolute atomic E-state index is 0.0208. The van der Waals surface area contributed by atoms with Gasteiger partial charge in [0.1, 0.15) is 18.4 Å². The lowest BCUT2D eigenvalue weighted by Gasteiger charge is -2.34. The molecule has 3 amide bonds. The third kappa shape index (κ3) is 4.65. The lowest BCUT2D eigenvalue weighted by Crippen LogP contribution is -2.52. The van der Waals surface area contributed by atoms with Crippen molar-refractivity contribution in [1.29, 1.82) is 0 Å². The fourth-order valence-electron chi connectivity index (χ4n) is 4.03. The normalized spacial score (nSPS) is 16.1. The quantitative estimate of drug-likeness (QED) is 0.568. The molecule has 4 rings (SSSR count). The topological polar surface area (TPSA) is 123 Å². The van der Waals surface area contributed by atoms with Crippen molar-refractivity contribution in [2.45, 2.75) is 38.4 Å². The number of carbonyl (C=O) groups is 3. The molecular weight excluding hydrogens is 451 g/mol. The minimum atomic E-state index is -0.708. The molecule has 1 aliphatic rings. The van der Waals surface area contributed by atoms with Crippen molar-refractivity contribution < 1.29 is 18.8 Å². The lowest BCUT2D eigenvalue weighted by molar-refractivity contribution is -0.142. The number of carbonyl (C=O) groups excluding carboxylic acids is 3. The van der Waals surface area contributed by atoms with Crippen molar-refractivity contribution in [3.8, 4) is 0 Å². The Kier molecular flexibility index (Phi) is 6.55. The van der Waals surface area contributed by atoms with Gasteiger partial charge in [0.25, 0.3) is 5.91 Å². The predicted octanol–water partition coefficient (Wildman–Crippen LogP) is 2.02. The van der Waals surface area contributed by atoms with E-state index in [0.717, 1.165) is 12.8 Å². The molecule has 0 radical (unpaired) electrons. The molecule has 9 nitrogen and oxygen atoms in total. The van der Waals surface area contributed by atoms with E-state index in [2.05, 4.69) is 15.4 Å². The molecule has 3 aromatic rings. The Hall–Kier alpha value is -3.53. The van der Waals surface area contributed by atoms with Gasteiger partial charge in [0.2, 0.25) is 11.8 Å². The maximum absolute atomic E-state index is 14.1. The molecule has 1 atom stereocenters. The Morgan fingerprint density at radius 3 is 2.85 bits per heavy atom. The number of benzene rings is 1. The number of fused-ring (bicyclic) bond motifs is 1. The monoisotopic (exact) mass is 472 g/mol. The Morgan fingerprint density at radius 2 is 2.06 bits per heavy atom. The van der Waals surface area contributed by atoms with E-state index < -0.39 is 17.8 Å². The Balaban J connectivity index is 1.50. The van der Waals surface area contributed by atoms with Crippen LogP contribution in [-0.2, 0) is 22.7 Å². The minimum Gasteiger partial charge on any atom is -0.364 e. The van der Waals surface area contributed by atoms with Gasteiger partial charge >= 0.3 is 0 Å². The summed E-state index contributed by atoms with van der Waals surface area (Å²) in [6, 6.07) is 5.49. The standard InChI is InChI=1S/C22H22ClFN6O3/c23-15-5-3-4-13(19(15)24)10-27-22(33)16-6-1-2-9-29(16)18(31)12-30-17-11-26-8-7-14(17)20(28-30)21(25)32/h3-5,7-8,11,16H,1-2,6,9-10,12H2,(H2,25,32)(H,27,33)/t16-/m0/s1. The van der Waals surface area contributed by atoms with Crippen LogP contribution in [-0.4, -0.2) is 50.0 Å². The summed E-state index contributed by atoms with van der Waals surface area (Å²) in [4.78, 5) is 43.3. The van der Waals surface area contributed by atoms with Gasteiger partial charge in [-0.15, -0.1) is 0 Å². The number of hydrogen-bond donors (Lipinski definition) is 2. The van der Waals surface area contributed by atoms with Crippen LogP contribution in [0.3, 0.4) is 0 Å². The van der Waals surface area contributed by atoms with Crippen LogP contribution in [0.4, 0.5) is 4.39 Å². The fraction of sp³-hybridized carbons (Fsp3) is 0.318. The number of amides is 3. The van der Waals surface area contributed by atoms with E-state index in [1.54, 1.807) is 18.2 Å². The van der Waals surface area contributed by atoms with Gasteiger partial charge in [-0.25, -0.2) is 4.39 Å². The van der Waals surface area contributed by atoms with Crippen LogP contribution in [0, 0.1) is 5.82 Å². The number of nitrogens with one attached hydrogen (secondary N) is 1. The van der Waals surface area contributed by atoms with Gasteiger partial charge in [-0.1, -0.05) is 23.7 Å². The zero-order valence-electron chi connectivity index (χ0n) is 17.6. The first-order chi connectivity index (χ1) is 15.9. The molecule has 0 spiro atoms. The maximum Gasteiger partial charge on any atom is 0.269 e. The summed E-state index contributed by atoms with van der Waals surface area (Å²) in [7, 11) is 0. The zero-order valence-corrected chi connectivity index (χ0v) is 18.4. The molecule has 1 fully saturated rings. The highest BCUT2D eigenvalue weighted by Gasteiger charge is 2.32. The average Bonchev–Trinajstić information content (AvgIpc) is 3.18. The van der Waals surface area contributed by atoms with Gasteiger partial charge in [0, 0.05) is 30.2 Å². The summed E-state index contributed by atoms with van der Waals surface area (Å²) in [5, 5.41) is 7.38. The Bertz CT molecular complexity index is 1230. The zero-order chi connectivity index (χ0) is 23.5. The molecule has 11 heteroatoms. The van der Waals surface area contributed by atoms with Crippen molar-refractivity contribution in [3.05, 3.63) is 58.8 Å². The SMILES string of the molecule is NC(=O)c1nn(CC(=O)N2CCCC[C@H]2C(=O)NCc2cccc(Cl)c2F)c2cnccc12. The predicted molar refractivity (Wildman–Crippen MR) is 119 cm³/mol. The second kappa shape index (κ2) is 9.53. The summed E-state index contributed by atoms with van der Waals surface area (Å²) >= 11 is 5.80. The molecule has 2 aromatic heterocycles. The molecule has 1 aromatic carbocycles. The van der Waals surface area contributed by atoms with Crippen molar-refractivity contribution in [3.63, 3.8) is 0 Å². The van der Waals surface area contributed by atoms with Gasteiger partial charge in [0.05, 0.1) is 16.7 Å². The molecule has 172 valence electrons. The van der Waals surface area contributed by atoms with Crippen molar-refractivity contribution >= 4 is 40.2 Å². The summed E-state index contributed by atoms with van der Waals surface area (Å²) in [5.41, 5.74) is 6.22. The van der Waals surface area contributed by atoms with Gasteiger partial charge in [-0.05, 0) is 31.4 Å². The summed E-state index contributed by atoms with van der Waals surface area (Å²) in [5.74, 6) is -1.98. The largest absolute Gasteiger partial charge is 0.364 e. The molecule has 0 aliphatic carbocycles. The molecule has 3 heterocycles. The smallest absolute Gasteiger partial charge is 0.269 e. The van der Waals surface area contributed by atoms with Gasteiger partial charge in [-0.3, -0.25) is 24.0 Å². The average molecular weight is 473 g/mol. The second-order valence-electron chi connectivity index (χ2n) is 7.79. The number of halogens is 2. The number of nitrogens with zero attached hydrogens (tertiary/aromatic N) is 4. The van der Waals surface area contributed by atoms with E-state index in [1.165, 1.54) is 28.0 Å². The van der Waals surface area contributed by atoms with Gasteiger partial charge in [0.15, 0.2) is 5.69 Å². The van der Waals surface area contributed by atoms with Crippen LogP contribution in [0.1, 0.15) is 35.3 Å². The van der Waals surface area contributed by atoms with Gasteiger partial charge < -0.3 is 16.0 Å². The molecule has 0 unspecified atom stereocenters. The molecule has 33 heavy (non-hydrogen) atoms. The van der Waals surface area contributed by atoms with E-state index >= 15 is 0 Å². The number of nitrogens with two attached hydrogens (primary N) is 1. The van der Waals surface area contributed by atoms with Crippen LogP contribution >= 0.6 is 11.6 Å². The first kappa shape index (κ1) is 22.7. The molecular formula is C22H22ClFN6O3. The molecule has 0 saturated carbocycles. The number of aromatic nitrogens is 3. The fourth-order valence-corrected chi connectivity index (χ4v) is 4.22. The van der Waals surface area contributed by atoms with Crippen molar-refractivity contribution in [2.24, 2.45) is 5.73 Å². The number of likely N-dealkylation sites (tertiary alicyclic amines) is 1. The number of hydrogen-bond acceptors (Lipinski definition) is 5. The maximum atomic E-state index is 14.1. The number of pyridine rings is 1. The molecule has 0 bridgehead atoms. The van der Waals surface area contributed by atoms with E-state index in [9.17, 15) is 18.8 Å². The van der Waals surface area contributed by atoms with Crippen LogP contribution in [0.2, 0.25) is 5.02 Å². The second-order valence-corrected chi connectivity index (χ2v) is 8.20. The number of piperidine rings is 1. The first-order valence-electron chi connectivity index (χ1n) is 10.5. The molecule has 3 N–H and O–H groups in total. The highest BCUT2D eigenvalue weighted by atomic mass is 35.5. The summed E-state index contributed by atoms with van der Waals surface area (Å²) < 4.78 is 15.5. The Morgan fingerprint density at radius 1 is 1.24 bits per heavy atom. The van der Waals surface area contributed by atoms with Crippen LogP contribution in [0.5, 0.6) is 0 Å². The molecule has 1 saturated heterocycles. The van der Waals surface area contributed by atoms with E-state index in [-0.39, 0.29) is 41.2 Å². The van der Waals surface area contributed by atoms with Gasteiger partial charge in [-0.2, -0.15) is 5.10 Å². The Labute approximate surface area is 193 Å². The first-order valence-corrected chi connectivity index (χ1v) is 10.8. The van der Waals surface area contributed by atoms with Crippen molar-refractivity contribution in [2.75, 3.05) is 6.54 Å². The number of primary amides is 1. The van der Waals surface area contributed by atoms with Crippen LogP contribution in [0.25, 0.3) is 10.9 Å². The van der Waals surface area contributed by atoms with E-state index in [4.69, 9.17) is 17.3 Å². The third-order valence-corrected chi connectivity index (χ3v) is 5.97. The highest BCUT2D eigenvalue weighted by Crippen LogP contribution is 2.21. The van der Waals surface area contributed by atoms with E-state index in [0.29, 0.717) is 23.9 Å². The highest BCUT2D eigenvalue weighted by molar-refractivity contribution is 6.30.